The molecule has 0 radical (unpaired) electrons. The summed E-state index contributed by atoms with van der Waals surface area (Å²) in [7, 11) is 0. The van der Waals surface area contributed by atoms with E-state index in [0.717, 1.165) is 23.3 Å². The Hall–Kier alpha value is -3.52. The number of halogens is 4. The summed E-state index contributed by atoms with van der Waals surface area (Å²) >= 11 is 6.32. The largest absolute Gasteiger partial charge is 0.487 e. The van der Waals surface area contributed by atoms with Crippen molar-refractivity contribution in [2.24, 2.45) is 0 Å². The van der Waals surface area contributed by atoms with Crippen molar-refractivity contribution in [2.45, 2.75) is 44.5 Å². The summed E-state index contributed by atoms with van der Waals surface area (Å²) in [5.41, 5.74) is 0.917. The van der Waals surface area contributed by atoms with E-state index in [2.05, 4.69) is 0 Å². The highest BCUT2D eigenvalue weighted by molar-refractivity contribution is 6.31. The number of amides is 1. The van der Waals surface area contributed by atoms with E-state index < -0.39 is 29.2 Å². The molecule has 0 spiro atoms. The molecule has 194 valence electrons. The van der Waals surface area contributed by atoms with Crippen molar-refractivity contribution in [1.82, 2.24) is 4.90 Å². The molecule has 1 atom stereocenters. The molecule has 0 fully saturated rings. The minimum atomic E-state index is -4.53. The molecule has 0 aromatic heterocycles. The highest BCUT2D eigenvalue weighted by atomic mass is 35.5. The van der Waals surface area contributed by atoms with Crippen molar-refractivity contribution in [3.05, 3.63) is 99.6 Å². The first-order valence-electron chi connectivity index (χ1n) is 11.7. The second-order valence-corrected chi connectivity index (χ2v) is 9.80. The van der Waals surface area contributed by atoms with E-state index in [0.29, 0.717) is 29.2 Å². The van der Waals surface area contributed by atoms with Gasteiger partial charge in [-0.2, -0.15) is 13.2 Å². The number of carboxylic acid groups (broad SMARTS) is 1. The number of alkyl halides is 3. The lowest BCUT2D eigenvalue weighted by molar-refractivity contribution is -0.138. The van der Waals surface area contributed by atoms with Crippen LogP contribution in [0.5, 0.6) is 5.75 Å². The zero-order chi connectivity index (χ0) is 26.8. The Balaban J connectivity index is 1.55. The van der Waals surface area contributed by atoms with Crippen LogP contribution in [-0.2, 0) is 30.4 Å². The van der Waals surface area contributed by atoms with Crippen molar-refractivity contribution in [3.8, 4) is 5.75 Å². The second-order valence-electron chi connectivity index (χ2n) is 9.39. The van der Waals surface area contributed by atoms with Gasteiger partial charge in [-0.15, -0.1) is 0 Å². The minimum Gasteiger partial charge on any atom is -0.487 e. The van der Waals surface area contributed by atoms with Gasteiger partial charge in [0.25, 0.3) is 5.91 Å². The fourth-order valence-corrected chi connectivity index (χ4v) is 4.73. The predicted octanol–water partition coefficient (Wildman–Crippen LogP) is 6.41. The average molecular weight is 532 g/mol. The van der Waals surface area contributed by atoms with Crippen LogP contribution in [0.25, 0.3) is 0 Å². The summed E-state index contributed by atoms with van der Waals surface area (Å²) < 4.78 is 45.7. The minimum absolute atomic E-state index is 0.151. The van der Waals surface area contributed by atoms with Crippen LogP contribution in [0.4, 0.5) is 13.2 Å². The topological polar surface area (TPSA) is 66.8 Å². The van der Waals surface area contributed by atoms with Crippen LogP contribution in [0.1, 0.15) is 46.0 Å². The van der Waals surface area contributed by atoms with Gasteiger partial charge in [0.15, 0.2) is 0 Å². The van der Waals surface area contributed by atoms with Gasteiger partial charge in [-0.3, -0.25) is 9.59 Å². The second kappa shape index (κ2) is 10.5. The molecule has 0 bridgehead atoms. The lowest BCUT2D eigenvalue weighted by Gasteiger charge is -2.24. The Morgan fingerprint density at radius 3 is 2.54 bits per heavy atom. The molecular formula is C28H25ClF3NO4. The van der Waals surface area contributed by atoms with E-state index in [1.165, 1.54) is 17.0 Å². The lowest BCUT2D eigenvalue weighted by atomic mass is 9.91. The normalized spacial score (nSPS) is 16.7. The zero-order valence-electron chi connectivity index (χ0n) is 20.0. The van der Waals surface area contributed by atoms with Gasteiger partial charge in [-0.1, -0.05) is 41.9 Å². The van der Waals surface area contributed by atoms with Crippen LogP contribution in [0.2, 0.25) is 5.02 Å². The van der Waals surface area contributed by atoms with Gasteiger partial charge >= 0.3 is 12.1 Å². The van der Waals surface area contributed by atoms with Gasteiger partial charge in [0.05, 0.1) is 12.0 Å². The van der Waals surface area contributed by atoms with Gasteiger partial charge in [-0.05, 0) is 60.0 Å². The zero-order valence-corrected chi connectivity index (χ0v) is 20.8. The van der Waals surface area contributed by atoms with Crippen molar-refractivity contribution in [2.75, 3.05) is 6.54 Å². The lowest BCUT2D eigenvalue weighted by Crippen LogP contribution is -2.33. The third kappa shape index (κ3) is 6.43. The molecule has 1 aliphatic heterocycles. The van der Waals surface area contributed by atoms with Crippen LogP contribution >= 0.6 is 11.6 Å². The molecular weight excluding hydrogens is 507 g/mol. The maximum absolute atomic E-state index is 13.4. The third-order valence-electron chi connectivity index (χ3n) is 6.26. The maximum atomic E-state index is 13.4. The molecule has 1 amide bonds. The van der Waals surface area contributed by atoms with Gasteiger partial charge in [-0.25, -0.2) is 0 Å². The molecule has 0 saturated heterocycles. The van der Waals surface area contributed by atoms with Crippen LogP contribution < -0.4 is 4.74 Å². The fourth-order valence-electron chi connectivity index (χ4n) is 4.53. The Labute approximate surface area is 217 Å². The Bertz CT molecular complexity index is 1330. The highest BCUT2D eigenvalue weighted by Gasteiger charge is 2.36. The van der Waals surface area contributed by atoms with Gasteiger partial charge in [0, 0.05) is 36.5 Å². The first-order chi connectivity index (χ1) is 17.4. The number of carbonyl (C=O) groups excluding carboxylic acids is 1. The predicted molar refractivity (Wildman–Crippen MR) is 133 cm³/mol. The number of ether oxygens (including phenoxy) is 1. The average Bonchev–Trinajstić information content (AvgIpc) is 3.17. The molecule has 0 saturated carbocycles. The van der Waals surface area contributed by atoms with E-state index in [9.17, 15) is 22.8 Å². The monoisotopic (exact) mass is 531 g/mol. The molecule has 3 aromatic carbocycles. The molecule has 9 heteroatoms. The molecule has 37 heavy (non-hydrogen) atoms. The van der Waals surface area contributed by atoms with Crippen molar-refractivity contribution in [3.63, 3.8) is 0 Å². The Morgan fingerprint density at radius 2 is 1.84 bits per heavy atom. The molecule has 1 N–H and O–H groups in total. The number of carbonyl (C=O) groups is 2. The molecule has 1 unspecified atom stereocenters. The van der Waals surface area contributed by atoms with Gasteiger partial charge < -0.3 is 14.7 Å². The number of fused-ring (bicyclic) bond motifs is 1. The summed E-state index contributed by atoms with van der Waals surface area (Å²) in [5, 5.41) is 9.79. The Kier molecular flexibility index (Phi) is 7.50. The van der Waals surface area contributed by atoms with E-state index in [1.54, 1.807) is 18.2 Å². The number of nitrogens with zero attached hydrogens (tertiary/aromatic N) is 1. The van der Waals surface area contributed by atoms with Crippen LogP contribution in [0.3, 0.4) is 0 Å². The van der Waals surface area contributed by atoms with Crippen molar-refractivity contribution < 1.29 is 32.6 Å². The van der Waals surface area contributed by atoms with E-state index in [1.807, 2.05) is 31.2 Å². The summed E-state index contributed by atoms with van der Waals surface area (Å²) in [4.78, 5) is 25.8. The number of hydrogen-bond donors (Lipinski definition) is 1. The third-order valence-corrected chi connectivity index (χ3v) is 6.63. The van der Waals surface area contributed by atoms with Crippen LogP contribution in [0, 0.1) is 0 Å². The first kappa shape index (κ1) is 26.5. The van der Waals surface area contributed by atoms with Gasteiger partial charge in [0.2, 0.25) is 0 Å². The standard InChI is InChI=1S/C28H25ClF3NO4/c1-27(15-20-6-2-3-8-23(20)29)16-21-14-19(9-10-24(21)37-27)26(36)33(12-11-25(34)35)17-18-5-4-7-22(13-18)28(30,31)32/h2-10,13-14H,11-12,15-17H2,1H3,(H,34,35). The number of rotatable bonds is 8. The molecule has 3 aromatic rings. The first-order valence-corrected chi connectivity index (χ1v) is 12.0. The van der Waals surface area contributed by atoms with Crippen LogP contribution in [-0.4, -0.2) is 34.0 Å². The van der Waals surface area contributed by atoms with Crippen molar-refractivity contribution in [1.29, 1.82) is 0 Å². The molecule has 1 heterocycles. The molecule has 0 aliphatic carbocycles. The van der Waals surface area contributed by atoms with E-state index in [-0.39, 0.29) is 25.1 Å². The highest BCUT2D eigenvalue weighted by Crippen LogP contribution is 2.38. The summed E-state index contributed by atoms with van der Waals surface area (Å²) in [5.74, 6) is -0.943. The maximum Gasteiger partial charge on any atom is 0.416 e. The molecule has 1 aliphatic rings. The SMILES string of the molecule is CC1(Cc2ccccc2Cl)Cc2cc(C(=O)N(CCC(=O)O)Cc3cccc(C(F)(F)F)c3)ccc2O1. The molecule has 4 rings (SSSR count). The number of aliphatic carboxylic acids is 1. The fraction of sp³-hybridized carbons (Fsp3) is 0.286. The van der Waals surface area contributed by atoms with Crippen molar-refractivity contribution >= 4 is 23.5 Å². The Morgan fingerprint density at radius 1 is 1.08 bits per heavy atom. The molecule has 5 nitrogen and oxygen atoms in total. The number of benzene rings is 3. The van der Waals surface area contributed by atoms with Gasteiger partial charge in [0.1, 0.15) is 11.4 Å². The summed E-state index contributed by atoms with van der Waals surface area (Å²) in [6.07, 6.45) is -3.78. The summed E-state index contributed by atoms with van der Waals surface area (Å²) in [6, 6.07) is 17.2. The quantitative estimate of drug-likeness (QED) is 0.364. The summed E-state index contributed by atoms with van der Waals surface area (Å²) in [6.45, 7) is 1.65. The number of carboxylic acids is 1. The van der Waals surface area contributed by atoms with Crippen LogP contribution in [0.15, 0.2) is 66.7 Å². The van der Waals surface area contributed by atoms with E-state index >= 15 is 0 Å². The smallest absolute Gasteiger partial charge is 0.416 e. The van der Waals surface area contributed by atoms with E-state index in [4.69, 9.17) is 21.4 Å². The number of hydrogen-bond acceptors (Lipinski definition) is 3.